The standard InChI is InChI=1S/C14H19NO2/c1-2-11-3-5-13(6-4-11)14(17)15-8-7-12(9-15)10-16/h3-6,12,16H,2,7-10H2,1H3/t12-/m0/s1. The molecule has 1 heterocycles. The van der Waals surface area contributed by atoms with Gasteiger partial charge in [0.25, 0.3) is 5.91 Å². The molecule has 0 saturated carbocycles. The lowest BCUT2D eigenvalue weighted by Crippen LogP contribution is -2.29. The Labute approximate surface area is 102 Å². The lowest BCUT2D eigenvalue weighted by molar-refractivity contribution is 0.0782. The summed E-state index contributed by atoms with van der Waals surface area (Å²) in [6.45, 7) is 3.73. The molecule has 1 amide bonds. The molecule has 1 saturated heterocycles. The van der Waals surface area contributed by atoms with E-state index in [1.165, 1.54) is 5.56 Å². The van der Waals surface area contributed by atoms with E-state index in [1.54, 1.807) is 0 Å². The minimum Gasteiger partial charge on any atom is -0.396 e. The maximum atomic E-state index is 12.2. The minimum absolute atomic E-state index is 0.0867. The molecule has 0 radical (unpaired) electrons. The average Bonchev–Trinajstić information content (AvgIpc) is 2.87. The zero-order valence-corrected chi connectivity index (χ0v) is 10.2. The number of aryl methyl sites for hydroxylation is 1. The van der Waals surface area contributed by atoms with Crippen LogP contribution in [-0.2, 0) is 6.42 Å². The van der Waals surface area contributed by atoms with E-state index < -0.39 is 0 Å². The van der Waals surface area contributed by atoms with Crippen molar-refractivity contribution in [1.29, 1.82) is 0 Å². The molecule has 1 atom stereocenters. The van der Waals surface area contributed by atoms with Crippen LogP contribution in [0.25, 0.3) is 0 Å². The van der Waals surface area contributed by atoms with Crippen LogP contribution in [-0.4, -0.2) is 35.6 Å². The number of benzene rings is 1. The number of rotatable bonds is 3. The summed E-state index contributed by atoms with van der Waals surface area (Å²) in [7, 11) is 0. The highest BCUT2D eigenvalue weighted by molar-refractivity contribution is 5.94. The highest BCUT2D eigenvalue weighted by Gasteiger charge is 2.26. The van der Waals surface area contributed by atoms with Gasteiger partial charge in [0, 0.05) is 31.2 Å². The van der Waals surface area contributed by atoms with E-state index in [9.17, 15) is 4.79 Å². The van der Waals surface area contributed by atoms with Crippen LogP contribution in [0.4, 0.5) is 0 Å². The third kappa shape index (κ3) is 2.67. The van der Waals surface area contributed by atoms with Gasteiger partial charge in [-0.25, -0.2) is 0 Å². The second kappa shape index (κ2) is 5.32. The van der Waals surface area contributed by atoms with Crippen molar-refractivity contribution in [2.45, 2.75) is 19.8 Å². The summed E-state index contributed by atoms with van der Waals surface area (Å²) >= 11 is 0. The molecule has 0 aliphatic carbocycles. The molecule has 1 aliphatic rings. The Kier molecular flexibility index (Phi) is 3.79. The second-order valence-corrected chi connectivity index (χ2v) is 4.64. The summed E-state index contributed by atoms with van der Waals surface area (Å²) in [4.78, 5) is 14.0. The smallest absolute Gasteiger partial charge is 0.253 e. The van der Waals surface area contributed by atoms with Crippen LogP contribution < -0.4 is 0 Å². The Morgan fingerprint density at radius 3 is 2.65 bits per heavy atom. The Morgan fingerprint density at radius 1 is 1.41 bits per heavy atom. The quantitative estimate of drug-likeness (QED) is 0.863. The van der Waals surface area contributed by atoms with Crippen molar-refractivity contribution >= 4 is 5.91 Å². The van der Waals surface area contributed by atoms with Gasteiger partial charge >= 0.3 is 0 Å². The highest BCUT2D eigenvalue weighted by Crippen LogP contribution is 2.18. The van der Waals surface area contributed by atoms with E-state index in [0.29, 0.717) is 6.54 Å². The lowest BCUT2D eigenvalue weighted by Gasteiger charge is -2.16. The van der Waals surface area contributed by atoms with E-state index in [2.05, 4.69) is 6.92 Å². The Bertz CT molecular complexity index is 386. The number of amides is 1. The number of carbonyl (C=O) groups excluding carboxylic acids is 1. The van der Waals surface area contributed by atoms with Crippen LogP contribution in [0.1, 0.15) is 29.3 Å². The first kappa shape index (κ1) is 12.1. The van der Waals surface area contributed by atoms with E-state index in [4.69, 9.17) is 5.11 Å². The predicted octanol–water partition coefficient (Wildman–Crippen LogP) is 1.70. The third-order valence-electron chi connectivity index (χ3n) is 3.44. The molecule has 1 fully saturated rings. The van der Waals surface area contributed by atoms with E-state index >= 15 is 0 Å². The van der Waals surface area contributed by atoms with Crippen LogP contribution in [0.3, 0.4) is 0 Å². The van der Waals surface area contributed by atoms with Crippen molar-refractivity contribution < 1.29 is 9.90 Å². The van der Waals surface area contributed by atoms with E-state index in [0.717, 1.165) is 24.9 Å². The molecular formula is C14H19NO2. The summed E-state index contributed by atoms with van der Waals surface area (Å²) in [6.07, 6.45) is 1.90. The van der Waals surface area contributed by atoms with Crippen LogP contribution in [0, 0.1) is 5.92 Å². The van der Waals surface area contributed by atoms with Gasteiger partial charge in [-0.1, -0.05) is 19.1 Å². The van der Waals surface area contributed by atoms with Gasteiger partial charge in [-0.15, -0.1) is 0 Å². The van der Waals surface area contributed by atoms with Crippen molar-refractivity contribution in [3.05, 3.63) is 35.4 Å². The molecule has 92 valence electrons. The van der Waals surface area contributed by atoms with Gasteiger partial charge in [0.1, 0.15) is 0 Å². The zero-order chi connectivity index (χ0) is 12.3. The molecule has 0 unspecified atom stereocenters. The summed E-state index contributed by atoms with van der Waals surface area (Å²) in [6, 6.07) is 7.81. The number of hydrogen-bond acceptors (Lipinski definition) is 2. The third-order valence-corrected chi connectivity index (χ3v) is 3.44. The van der Waals surface area contributed by atoms with Crippen molar-refractivity contribution in [1.82, 2.24) is 4.90 Å². The Morgan fingerprint density at radius 2 is 2.12 bits per heavy atom. The van der Waals surface area contributed by atoms with Gasteiger partial charge in [-0.05, 0) is 30.5 Å². The number of likely N-dealkylation sites (tertiary alicyclic amines) is 1. The molecular weight excluding hydrogens is 214 g/mol. The molecule has 3 nitrogen and oxygen atoms in total. The first-order valence-corrected chi connectivity index (χ1v) is 6.23. The van der Waals surface area contributed by atoms with Gasteiger partial charge in [0.15, 0.2) is 0 Å². The number of carbonyl (C=O) groups is 1. The first-order chi connectivity index (χ1) is 8.24. The van der Waals surface area contributed by atoms with Crippen molar-refractivity contribution in [3.63, 3.8) is 0 Å². The van der Waals surface area contributed by atoms with E-state index in [1.807, 2.05) is 29.2 Å². The molecule has 0 bridgehead atoms. The predicted molar refractivity (Wildman–Crippen MR) is 66.9 cm³/mol. The van der Waals surface area contributed by atoms with Gasteiger partial charge in [0.05, 0.1) is 0 Å². The maximum absolute atomic E-state index is 12.2. The molecule has 17 heavy (non-hydrogen) atoms. The van der Waals surface area contributed by atoms with Crippen LogP contribution >= 0.6 is 0 Å². The van der Waals surface area contributed by atoms with Crippen LogP contribution in [0.15, 0.2) is 24.3 Å². The maximum Gasteiger partial charge on any atom is 0.253 e. The van der Waals surface area contributed by atoms with Gasteiger partial charge in [-0.2, -0.15) is 0 Å². The Balaban J connectivity index is 2.04. The first-order valence-electron chi connectivity index (χ1n) is 6.23. The van der Waals surface area contributed by atoms with Crippen LogP contribution in [0.5, 0.6) is 0 Å². The largest absolute Gasteiger partial charge is 0.396 e. The van der Waals surface area contributed by atoms with Crippen molar-refractivity contribution in [3.8, 4) is 0 Å². The van der Waals surface area contributed by atoms with E-state index in [-0.39, 0.29) is 18.4 Å². The van der Waals surface area contributed by atoms with Gasteiger partial charge < -0.3 is 10.0 Å². The minimum atomic E-state index is 0.0867. The number of aliphatic hydroxyl groups is 1. The molecule has 1 aromatic carbocycles. The SMILES string of the molecule is CCc1ccc(C(=O)N2CC[C@H](CO)C2)cc1. The lowest BCUT2D eigenvalue weighted by atomic mass is 10.1. The molecule has 0 spiro atoms. The normalized spacial score (nSPS) is 19.6. The number of nitrogens with zero attached hydrogens (tertiary/aromatic N) is 1. The molecule has 0 aromatic heterocycles. The highest BCUT2D eigenvalue weighted by atomic mass is 16.3. The number of hydrogen-bond donors (Lipinski definition) is 1. The van der Waals surface area contributed by atoms with Gasteiger partial charge in [-0.3, -0.25) is 4.79 Å². The topological polar surface area (TPSA) is 40.5 Å². The molecule has 1 aromatic rings. The van der Waals surface area contributed by atoms with Crippen LogP contribution in [0.2, 0.25) is 0 Å². The monoisotopic (exact) mass is 233 g/mol. The second-order valence-electron chi connectivity index (χ2n) is 4.64. The number of aliphatic hydroxyl groups excluding tert-OH is 1. The summed E-state index contributed by atoms with van der Waals surface area (Å²) in [5.41, 5.74) is 2.00. The Hall–Kier alpha value is -1.35. The summed E-state index contributed by atoms with van der Waals surface area (Å²) < 4.78 is 0. The molecule has 3 heteroatoms. The fraction of sp³-hybridized carbons (Fsp3) is 0.500. The fourth-order valence-electron chi connectivity index (χ4n) is 2.23. The van der Waals surface area contributed by atoms with Crippen molar-refractivity contribution in [2.24, 2.45) is 5.92 Å². The molecule has 1 N–H and O–H groups in total. The summed E-state index contributed by atoms with van der Waals surface area (Å²) in [5.74, 6) is 0.345. The summed E-state index contributed by atoms with van der Waals surface area (Å²) in [5, 5.41) is 9.07. The van der Waals surface area contributed by atoms with Crippen molar-refractivity contribution in [2.75, 3.05) is 19.7 Å². The fourth-order valence-corrected chi connectivity index (χ4v) is 2.23. The average molecular weight is 233 g/mol. The molecule has 1 aliphatic heterocycles. The zero-order valence-electron chi connectivity index (χ0n) is 10.2. The molecule has 2 rings (SSSR count). The van der Waals surface area contributed by atoms with Gasteiger partial charge in [0.2, 0.25) is 0 Å².